The molecule has 0 aromatic rings. The summed E-state index contributed by atoms with van der Waals surface area (Å²) in [6.07, 6.45) is 12.8. The van der Waals surface area contributed by atoms with Crippen LogP contribution in [0, 0.1) is 5.92 Å². The van der Waals surface area contributed by atoms with Gasteiger partial charge >= 0.3 is 0 Å². The molecule has 0 saturated carbocycles. The summed E-state index contributed by atoms with van der Waals surface area (Å²) in [6, 6.07) is 0.693. The molecule has 120 valence electrons. The van der Waals surface area contributed by atoms with E-state index in [1.807, 2.05) is 0 Å². The maximum absolute atomic E-state index is 3.63. The van der Waals surface area contributed by atoms with Crippen LogP contribution in [0.25, 0.3) is 0 Å². The Morgan fingerprint density at radius 3 is 2.30 bits per heavy atom. The first kappa shape index (κ1) is 18.0. The Bertz CT molecular complexity index is 217. The SMILES string of the molecule is CCCCCCCCCCN1CCC(C)NCC(C)C1. The lowest BCUT2D eigenvalue weighted by atomic mass is 10.1. The van der Waals surface area contributed by atoms with Crippen LogP contribution in [-0.2, 0) is 0 Å². The van der Waals surface area contributed by atoms with Crippen molar-refractivity contribution < 1.29 is 0 Å². The molecular weight excluding hydrogens is 244 g/mol. The van der Waals surface area contributed by atoms with Gasteiger partial charge in [0.1, 0.15) is 0 Å². The zero-order chi connectivity index (χ0) is 14.6. The smallest absolute Gasteiger partial charge is 0.00510 e. The average Bonchev–Trinajstić information content (AvgIpc) is 2.43. The zero-order valence-corrected chi connectivity index (χ0v) is 14.3. The molecular formula is C18H38N2. The summed E-state index contributed by atoms with van der Waals surface area (Å²) in [5, 5.41) is 3.63. The molecule has 0 bridgehead atoms. The second kappa shape index (κ2) is 11.6. The van der Waals surface area contributed by atoms with Crippen molar-refractivity contribution in [3.05, 3.63) is 0 Å². The van der Waals surface area contributed by atoms with Gasteiger partial charge in [0.15, 0.2) is 0 Å². The molecule has 0 aliphatic carbocycles. The van der Waals surface area contributed by atoms with Crippen molar-refractivity contribution in [2.75, 3.05) is 26.2 Å². The normalized spacial score (nSPS) is 25.4. The number of unbranched alkanes of at least 4 members (excludes halogenated alkanes) is 7. The van der Waals surface area contributed by atoms with Gasteiger partial charge in [-0.25, -0.2) is 0 Å². The predicted molar refractivity (Wildman–Crippen MR) is 90.3 cm³/mol. The van der Waals surface area contributed by atoms with Crippen molar-refractivity contribution in [2.45, 2.75) is 84.6 Å². The van der Waals surface area contributed by atoms with E-state index < -0.39 is 0 Å². The first-order valence-electron chi connectivity index (χ1n) is 9.18. The van der Waals surface area contributed by atoms with Gasteiger partial charge in [-0.1, -0.05) is 58.8 Å². The Hall–Kier alpha value is -0.0800. The monoisotopic (exact) mass is 282 g/mol. The quantitative estimate of drug-likeness (QED) is 0.629. The zero-order valence-electron chi connectivity index (χ0n) is 14.3. The maximum atomic E-state index is 3.63. The van der Waals surface area contributed by atoms with E-state index in [0.29, 0.717) is 6.04 Å². The molecule has 0 aromatic carbocycles. The van der Waals surface area contributed by atoms with Crippen molar-refractivity contribution in [3.63, 3.8) is 0 Å². The fourth-order valence-electron chi connectivity index (χ4n) is 3.15. The lowest BCUT2D eigenvalue weighted by molar-refractivity contribution is 0.198. The third-order valence-corrected chi connectivity index (χ3v) is 4.59. The molecule has 1 N–H and O–H groups in total. The molecule has 1 rings (SSSR count). The van der Waals surface area contributed by atoms with Crippen LogP contribution < -0.4 is 5.32 Å². The van der Waals surface area contributed by atoms with E-state index >= 15 is 0 Å². The van der Waals surface area contributed by atoms with Crippen molar-refractivity contribution in [3.8, 4) is 0 Å². The van der Waals surface area contributed by atoms with E-state index in [2.05, 4.69) is 31.0 Å². The molecule has 0 aromatic heterocycles. The number of nitrogens with zero attached hydrogens (tertiary/aromatic N) is 1. The Morgan fingerprint density at radius 1 is 0.950 bits per heavy atom. The summed E-state index contributed by atoms with van der Waals surface area (Å²) in [6.45, 7) is 12.1. The molecule has 0 spiro atoms. The maximum Gasteiger partial charge on any atom is 0.00510 e. The van der Waals surface area contributed by atoms with Crippen LogP contribution in [0.15, 0.2) is 0 Å². The molecule has 1 heterocycles. The third-order valence-electron chi connectivity index (χ3n) is 4.59. The van der Waals surface area contributed by atoms with Gasteiger partial charge in [-0.15, -0.1) is 0 Å². The van der Waals surface area contributed by atoms with E-state index in [9.17, 15) is 0 Å². The lowest BCUT2D eigenvalue weighted by Gasteiger charge is -2.31. The minimum atomic E-state index is 0.693. The second-order valence-corrected chi connectivity index (χ2v) is 6.98. The van der Waals surface area contributed by atoms with E-state index in [1.165, 1.54) is 84.0 Å². The first-order valence-corrected chi connectivity index (χ1v) is 9.18. The van der Waals surface area contributed by atoms with Gasteiger partial charge in [-0.05, 0) is 45.3 Å². The van der Waals surface area contributed by atoms with Crippen molar-refractivity contribution in [1.82, 2.24) is 10.2 Å². The number of hydrogen-bond donors (Lipinski definition) is 1. The van der Waals surface area contributed by atoms with Gasteiger partial charge in [0.25, 0.3) is 0 Å². The molecule has 1 aliphatic heterocycles. The van der Waals surface area contributed by atoms with Crippen molar-refractivity contribution in [1.29, 1.82) is 0 Å². The van der Waals surface area contributed by atoms with E-state index in [-0.39, 0.29) is 0 Å². The molecule has 1 fully saturated rings. The third kappa shape index (κ3) is 8.97. The highest BCUT2D eigenvalue weighted by Gasteiger charge is 2.15. The predicted octanol–water partition coefficient (Wildman–Crippen LogP) is 4.45. The van der Waals surface area contributed by atoms with Crippen LogP contribution in [0.3, 0.4) is 0 Å². The molecule has 1 aliphatic rings. The van der Waals surface area contributed by atoms with Crippen molar-refractivity contribution in [2.24, 2.45) is 5.92 Å². The van der Waals surface area contributed by atoms with E-state index in [4.69, 9.17) is 0 Å². The number of nitrogens with one attached hydrogen (secondary N) is 1. The molecule has 0 radical (unpaired) electrons. The highest BCUT2D eigenvalue weighted by Crippen LogP contribution is 2.11. The summed E-state index contributed by atoms with van der Waals surface area (Å²) in [7, 11) is 0. The van der Waals surface area contributed by atoms with Gasteiger partial charge < -0.3 is 10.2 Å². The highest BCUT2D eigenvalue weighted by atomic mass is 15.1. The molecule has 2 heteroatoms. The first-order chi connectivity index (χ1) is 9.72. The van der Waals surface area contributed by atoms with Crippen LogP contribution in [0.2, 0.25) is 0 Å². The van der Waals surface area contributed by atoms with Crippen LogP contribution in [0.5, 0.6) is 0 Å². The number of hydrogen-bond acceptors (Lipinski definition) is 2. The van der Waals surface area contributed by atoms with Crippen LogP contribution in [-0.4, -0.2) is 37.1 Å². The second-order valence-electron chi connectivity index (χ2n) is 6.98. The topological polar surface area (TPSA) is 15.3 Å². The fraction of sp³-hybridized carbons (Fsp3) is 1.00. The standard InChI is InChI=1S/C18H38N2/c1-4-5-6-7-8-9-10-11-13-20-14-12-18(3)19-15-17(2)16-20/h17-19H,4-16H2,1-3H3. The van der Waals surface area contributed by atoms with Gasteiger partial charge in [-0.2, -0.15) is 0 Å². The summed E-state index contributed by atoms with van der Waals surface area (Å²) >= 11 is 0. The minimum absolute atomic E-state index is 0.693. The van der Waals surface area contributed by atoms with E-state index in [0.717, 1.165) is 5.92 Å². The molecule has 1 saturated heterocycles. The molecule has 2 nitrogen and oxygen atoms in total. The van der Waals surface area contributed by atoms with Crippen LogP contribution in [0.4, 0.5) is 0 Å². The van der Waals surface area contributed by atoms with Crippen LogP contribution in [0.1, 0.15) is 78.6 Å². The summed E-state index contributed by atoms with van der Waals surface area (Å²) < 4.78 is 0. The Labute approximate surface area is 127 Å². The Kier molecular flexibility index (Phi) is 10.4. The van der Waals surface area contributed by atoms with Gasteiger partial charge in [0.05, 0.1) is 0 Å². The van der Waals surface area contributed by atoms with Gasteiger partial charge in [0, 0.05) is 12.6 Å². The van der Waals surface area contributed by atoms with E-state index in [1.54, 1.807) is 0 Å². The molecule has 2 atom stereocenters. The minimum Gasteiger partial charge on any atom is -0.314 e. The molecule has 20 heavy (non-hydrogen) atoms. The molecule has 2 unspecified atom stereocenters. The fourth-order valence-corrected chi connectivity index (χ4v) is 3.15. The molecule has 0 amide bonds. The van der Waals surface area contributed by atoms with Gasteiger partial charge in [0.2, 0.25) is 0 Å². The summed E-state index contributed by atoms with van der Waals surface area (Å²) in [4.78, 5) is 2.71. The van der Waals surface area contributed by atoms with Gasteiger partial charge in [-0.3, -0.25) is 0 Å². The average molecular weight is 283 g/mol. The summed E-state index contributed by atoms with van der Waals surface area (Å²) in [5.41, 5.74) is 0. The Morgan fingerprint density at radius 2 is 1.60 bits per heavy atom. The van der Waals surface area contributed by atoms with Crippen molar-refractivity contribution >= 4 is 0 Å². The summed E-state index contributed by atoms with van der Waals surface area (Å²) in [5.74, 6) is 0.798. The number of rotatable bonds is 9. The largest absolute Gasteiger partial charge is 0.314 e. The van der Waals surface area contributed by atoms with Crippen LogP contribution >= 0.6 is 0 Å². The lowest BCUT2D eigenvalue weighted by Crippen LogP contribution is -2.42. The highest BCUT2D eigenvalue weighted by molar-refractivity contribution is 4.73. The Balaban J connectivity index is 2.01.